The number of benzene rings is 1. The van der Waals surface area contributed by atoms with Crippen LogP contribution in [0.2, 0.25) is 0 Å². The van der Waals surface area contributed by atoms with Gasteiger partial charge in [0.25, 0.3) is 0 Å². The highest BCUT2D eigenvalue weighted by atomic mass is 16.3. The molecule has 76 valence electrons. The lowest BCUT2D eigenvalue weighted by molar-refractivity contribution is 0.0493. The molecule has 1 aromatic carbocycles. The lowest BCUT2D eigenvalue weighted by Gasteiger charge is -2.33. The Labute approximate surface area is 85.0 Å². The van der Waals surface area contributed by atoms with Crippen molar-refractivity contribution in [1.29, 1.82) is 0 Å². The predicted octanol–water partition coefficient (Wildman–Crippen LogP) is 1.61. The molecule has 2 rings (SSSR count). The standard InChI is InChI=1S/C12H17NO/c1-9-3-2-4-10(7-9)8-13-11-5-6-12(11)14/h2-4,7,11-14H,5-6,8H2,1H3/t11-,12-/m1/s1. The van der Waals surface area contributed by atoms with Crippen LogP contribution in [0.3, 0.4) is 0 Å². The molecule has 1 aliphatic carbocycles. The topological polar surface area (TPSA) is 32.3 Å². The van der Waals surface area contributed by atoms with Crippen LogP contribution in [0, 0.1) is 6.92 Å². The smallest absolute Gasteiger partial charge is 0.0693 e. The summed E-state index contributed by atoms with van der Waals surface area (Å²) in [7, 11) is 0. The minimum absolute atomic E-state index is 0.125. The largest absolute Gasteiger partial charge is 0.392 e. The molecule has 14 heavy (non-hydrogen) atoms. The average Bonchev–Trinajstić information content (AvgIpc) is 2.16. The first kappa shape index (κ1) is 9.69. The molecule has 0 aromatic heterocycles. The molecular formula is C12H17NO. The lowest BCUT2D eigenvalue weighted by Crippen LogP contribution is -2.47. The third-order valence-electron chi connectivity index (χ3n) is 2.89. The van der Waals surface area contributed by atoms with Gasteiger partial charge in [-0.3, -0.25) is 0 Å². The van der Waals surface area contributed by atoms with Gasteiger partial charge >= 0.3 is 0 Å². The molecular weight excluding hydrogens is 174 g/mol. The lowest BCUT2D eigenvalue weighted by atomic mass is 9.89. The van der Waals surface area contributed by atoms with Gasteiger partial charge in [0, 0.05) is 12.6 Å². The molecule has 2 atom stereocenters. The van der Waals surface area contributed by atoms with E-state index in [2.05, 4.69) is 36.5 Å². The van der Waals surface area contributed by atoms with Crippen LogP contribution < -0.4 is 5.32 Å². The van der Waals surface area contributed by atoms with E-state index in [0.29, 0.717) is 6.04 Å². The third-order valence-corrected chi connectivity index (χ3v) is 2.89. The van der Waals surface area contributed by atoms with Crippen LogP contribution in [0.15, 0.2) is 24.3 Å². The molecule has 0 heterocycles. The van der Waals surface area contributed by atoms with Crippen molar-refractivity contribution in [2.75, 3.05) is 0 Å². The van der Waals surface area contributed by atoms with Crippen molar-refractivity contribution in [3.05, 3.63) is 35.4 Å². The van der Waals surface area contributed by atoms with Gasteiger partial charge in [-0.05, 0) is 25.3 Å². The number of rotatable bonds is 3. The van der Waals surface area contributed by atoms with Crippen LogP contribution in [0.4, 0.5) is 0 Å². The van der Waals surface area contributed by atoms with E-state index in [1.165, 1.54) is 11.1 Å². The zero-order valence-corrected chi connectivity index (χ0v) is 8.53. The van der Waals surface area contributed by atoms with Crippen molar-refractivity contribution >= 4 is 0 Å². The molecule has 0 unspecified atom stereocenters. The number of hydrogen-bond acceptors (Lipinski definition) is 2. The Balaban J connectivity index is 1.85. The second-order valence-electron chi connectivity index (χ2n) is 4.12. The van der Waals surface area contributed by atoms with Gasteiger partial charge in [-0.1, -0.05) is 29.8 Å². The summed E-state index contributed by atoms with van der Waals surface area (Å²) < 4.78 is 0. The zero-order chi connectivity index (χ0) is 9.97. The highest BCUT2D eigenvalue weighted by Crippen LogP contribution is 2.19. The number of hydrogen-bond donors (Lipinski definition) is 2. The second-order valence-corrected chi connectivity index (χ2v) is 4.12. The summed E-state index contributed by atoms with van der Waals surface area (Å²) in [4.78, 5) is 0. The minimum atomic E-state index is -0.125. The molecule has 0 aliphatic heterocycles. The summed E-state index contributed by atoms with van der Waals surface area (Å²) in [6, 6.07) is 8.78. The second kappa shape index (κ2) is 4.11. The van der Waals surface area contributed by atoms with Crippen LogP contribution in [0.1, 0.15) is 24.0 Å². The van der Waals surface area contributed by atoms with Crippen LogP contribution >= 0.6 is 0 Å². The maximum Gasteiger partial charge on any atom is 0.0693 e. The molecule has 2 heteroatoms. The molecule has 0 saturated heterocycles. The van der Waals surface area contributed by atoms with Crippen molar-refractivity contribution in [2.45, 2.75) is 38.5 Å². The van der Waals surface area contributed by atoms with E-state index in [1.807, 2.05) is 0 Å². The Bertz CT molecular complexity index is 311. The summed E-state index contributed by atoms with van der Waals surface area (Å²) in [5.74, 6) is 0. The van der Waals surface area contributed by atoms with Crippen molar-refractivity contribution in [3.63, 3.8) is 0 Å². The maximum atomic E-state index is 9.38. The van der Waals surface area contributed by atoms with Gasteiger partial charge in [-0.2, -0.15) is 0 Å². The summed E-state index contributed by atoms with van der Waals surface area (Å²) in [6.07, 6.45) is 1.93. The Morgan fingerprint density at radius 3 is 2.86 bits per heavy atom. The Morgan fingerprint density at radius 2 is 2.29 bits per heavy atom. The fourth-order valence-electron chi connectivity index (χ4n) is 1.79. The molecule has 0 radical (unpaired) electrons. The number of aliphatic hydroxyl groups excluding tert-OH is 1. The monoisotopic (exact) mass is 191 g/mol. The molecule has 0 amide bonds. The van der Waals surface area contributed by atoms with E-state index in [4.69, 9.17) is 0 Å². The Morgan fingerprint density at radius 1 is 1.43 bits per heavy atom. The van der Waals surface area contributed by atoms with Crippen molar-refractivity contribution in [2.24, 2.45) is 0 Å². The van der Waals surface area contributed by atoms with Gasteiger partial charge in [0.2, 0.25) is 0 Å². The van der Waals surface area contributed by atoms with Gasteiger partial charge in [-0.15, -0.1) is 0 Å². The van der Waals surface area contributed by atoms with Gasteiger partial charge in [0.1, 0.15) is 0 Å². The van der Waals surface area contributed by atoms with E-state index in [0.717, 1.165) is 19.4 Å². The van der Waals surface area contributed by atoms with E-state index in [1.54, 1.807) is 0 Å². The molecule has 1 aromatic rings. The fourth-order valence-corrected chi connectivity index (χ4v) is 1.79. The molecule has 0 spiro atoms. The van der Waals surface area contributed by atoms with Gasteiger partial charge < -0.3 is 10.4 Å². The number of nitrogens with one attached hydrogen (secondary N) is 1. The Hall–Kier alpha value is -0.860. The average molecular weight is 191 g/mol. The quantitative estimate of drug-likeness (QED) is 0.760. The van der Waals surface area contributed by atoms with Crippen LogP contribution in [0.5, 0.6) is 0 Å². The third kappa shape index (κ3) is 2.14. The number of aliphatic hydroxyl groups is 1. The summed E-state index contributed by atoms with van der Waals surface area (Å²) in [5, 5.41) is 12.7. The molecule has 2 N–H and O–H groups in total. The van der Waals surface area contributed by atoms with Crippen molar-refractivity contribution < 1.29 is 5.11 Å². The van der Waals surface area contributed by atoms with E-state index in [9.17, 15) is 5.11 Å². The fraction of sp³-hybridized carbons (Fsp3) is 0.500. The summed E-state index contributed by atoms with van der Waals surface area (Å²) >= 11 is 0. The van der Waals surface area contributed by atoms with Crippen LogP contribution in [0.25, 0.3) is 0 Å². The highest BCUT2D eigenvalue weighted by molar-refractivity contribution is 5.22. The van der Waals surface area contributed by atoms with Crippen LogP contribution in [-0.2, 0) is 6.54 Å². The first-order chi connectivity index (χ1) is 6.75. The first-order valence-corrected chi connectivity index (χ1v) is 5.23. The molecule has 1 aliphatic rings. The molecule has 1 saturated carbocycles. The van der Waals surface area contributed by atoms with Gasteiger partial charge in [0.15, 0.2) is 0 Å². The van der Waals surface area contributed by atoms with Crippen LogP contribution in [-0.4, -0.2) is 17.3 Å². The summed E-state index contributed by atoms with van der Waals surface area (Å²) in [6.45, 7) is 2.96. The minimum Gasteiger partial charge on any atom is -0.392 e. The first-order valence-electron chi connectivity index (χ1n) is 5.23. The van der Waals surface area contributed by atoms with Crippen molar-refractivity contribution in [1.82, 2.24) is 5.32 Å². The van der Waals surface area contributed by atoms with E-state index in [-0.39, 0.29) is 6.10 Å². The maximum absolute atomic E-state index is 9.38. The summed E-state index contributed by atoms with van der Waals surface area (Å²) in [5.41, 5.74) is 2.59. The molecule has 1 fully saturated rings. The molecule has 2 nitrogen and oxygen atoms in total. The van der Waals surface area contributed by atoms with Gasteiger partial charge in [0.05, 0.1) is 6.10 Å². The van der Waals surface area contributed by atoms with Gasteiger partial charge in [-0.25, -0.2) is 0 Å². The Kier molecular flexibility index (Phi) is 2.85. The normalized spacial score (nSPS) is 25.9. The van der Waals surface area contributed by atoms with E-state index < -0.39 is 0 Å². The molecule has 0 bridgehead atoms. The van der Waals surface area contributed by atoms with E-state index >= 15 is 0 Å². The SMILES string of the molecule is Cc1cccc(CN[C@@H]2CC[C@H]2O)c1. The number of aryl methyl sites for hydroxylation is 1. The van der Waals surface area contributed by atoms with Crippen molar-refractivity contribution in [3.8, 4) is 0 Å². The zero-order valence-electron chi connectivity index (χ0n) is 8.53. The highest BCUT2D eigenvalue weighted by Gasteiger charge is 2.27. The predicted molar refractivity (Wildman–Crippen MR) is 57.0 cm³/mol.